The Hall–Kier alpha value is -3.72. The van der Waals surface area contributed by atoms with Crippen LogP contribution in [0.1, 0.15) is 48.7 Å². The molecule has 2 aromatic heterocycles. The number of hydrogen-bond acceptors (Lipinski definition) is 5. The van der Waals surface area contributed by atoms with Crippen LogP contribution in [-0.4, -0.2) is 39.4 Å². The molecule has 1 aromatic carbocycles. The monoisotopic (exact) mass is 506 g/mol. The summed E-state index contributed by atoms with van der Waals surface area (Å²) in [4.78, 5) is 44.0. The number of anilines is 2. The molecule has 1 saturated heterocycles. The van der Waals surface area contributed by atoms with Gasteiger partial charge in [-0.15, -0.1) is 11.3 Å². The summed E-state index contributed by atoms with van der Waals surface area (Å²) in [5.41, 5.74) is 1.61. The number of rotatable bonds is 8. The van der Waals surface area contributed by atoms with Gasteiger partial charge >= 0.3 is 12.0 Å². The molecule has 3 N–H and O–H groups in total. The van der Waals surface area contributed by atoms with Crippen molar-refractivity contribution in [1.82, 2.24) is 9.88 Å². The summed E-state index contributed by atoms with van der Waals surface area (Å²) in [6.45, 7) is 4.15. The van der Waals surface area contributed by atoms with Crippen molar-refractivity contribution in [3.05, 3.63) is 76.1 Å². The van der Waals surface area contributed by atoms with Crippen LogP contribution in [0.3, 0.4) is 0 Å². The van der Waals surface area contributed by atoms with Crippen molar-refractivity contribution in [2.75, 3.05) is 17.2 Å². The molecule has 0 bridgehead atoms. The number of pyridine rings is 1. The van der Waals surface area contributed by atoms with Crippen LogP contribution in [-0.2, 0) is 22.4 Å². The van der Waals surface area contributed by atoms with Gasteiger partial charge in [0.05, 0.1) is 17.9 Å². The SMILES string of the molecule is CC(C)(Cc1csc(C2CCCN2C(=O)Cc2ccc(NC(=O)Nc3ccccc3)nc2)c1)C(=O)O. The smallest absolute Gasteiger partial charge is 0.324 e. The molecule has 9 heteroatoms. The van der Waals surface area contributed by atoms with Crippen molar-refractivity contribution in [2.24, 2.45) is 5.41 Å². The molecule has 0 saturated carbocycles. The van der Waals surface area contributed by atoms with Gasteiger partial charge < -0.3 is 15.3 Å². The number of carbonyl (C=O) groups is 3. The molecule has 1 unspecified atom stereocenters. The topological polar surface area (TPSA) is 112 Å². The number of para-hydroxylation sites is 1. The quantitative estimate of drug-likeness (QED) is 0.382. The van der Waals surface area contributed by atoms with E-state index in [0.717, 1.165) is 28.8 Å². The first-order valence-electron chi connectivity index (χ1n) is 11.9. The van der Waals surface area contributed by atoms with Gasteiger partial charge in [-0.1, -0.05) is 24.3 Å². The molecule has 1 atom stereocenters. The Labute approximate surface area is 214 Å². The minimum Gasteiger partial charge on any atom is -0.481 e. The molecular formula is C27H30N4O4S. The highest BCUT2D eigenvalue weighted by Gasteiger charge is 2.32. The number of hydrogen-bond donors (Lipinski definition) is 3. The zero-order valence-electron chi connectivity index (χ0n) is 20.4. The van der Waals surface area contributed by atoms with Crippen LogP contribution in [0.5, 0.6) is 0 Å². The van der Waals surface area contributed by atoms with Crippen LogP contribution in [0.4, 0.5) is 16.3 Å². The number of carboxylic acids is 1. The lowest BCUT2D eigenvalue weighted by Gasteiger charge is -2.24. The van der Waals surface area contributed by atoms with Gasteiger partial charge in [0.1, 0.15) is 5.82 Å². The molecule has 3 amide bonds. The summed E-state index contributed by atoms with van der Waals surface area (Å²) in [7, 11) is 0. The molecule has 36 heavy (non-hydrogen) atoms. The molecule has 0 spiro atoms. The predicted molar refractivity (Wildman–Crippen MR) is 140 cm³/mol. The molecule has 1 aliphatic heterocycles. The summed E-state index contributed by atoms with van der Waals surface area (Å²) in [6, 6.07) is 14.3. The lowest BCUT2D eigenvalue weighted by atomic mass is 9.87. The average Bonchev–Trinajstić information content (AvgIpc) is 3.50. The van der Waals surface area contributed by atoms with Gasteiger partial charge in [-0.25, -0.2) is 9.78 Å². The summed E-state index contributed by atoms with van der Waals surface area (Å²) >= 11 is 1.59. The molecule has 0 aliphatic carbocycles. The zero-order chi connectivity index (χ0) is 25.7. The van der Waals surface area contributed by atoms with Gasteiger partial charge in [0.15, 0.2) is 0 Å². The van der Waals surface area contributed by atoms with Crippen LogP contribution in [0.25, 0.3) is 0 Å². The van der Waals surface area contributed by atoms with Crippen LogP contribution < -0.4 is 10.6 Å². The summed E-state index contributed by atoms with van der Waals surface area (Å²) < 4.78 is 0. The van der Waals surface area contributed by atoms with Crippen LogP contribution in [0.15, 0.2) is 60.1 Å². The van der Waals surface area contributed by atoms with Crippen LogP contribution in [0.2, 0.25) is 0 Å². The van der Waals surface area contributed by atoms with Crippen molar-refractivity contribution in [1.29, 1.82) is 0 Å². The maximum absolute atomic E-state index is 13.1. The number of carboxylic acid groups (broad SMARTS) is 1. The number of aliphatic carboxylic acids is 1. The second-order valence-corrected chi connectivity index (χ2v) is 10.6. The van der Waals surface area contributed by atoms with E-state index in [1.165, 1.54) is 0 Å². The Bertz CT molecular complexity index is 1220. The van der Waals surface area contributed by atoms with Gasteiger partial charge in [-0.05, 0) is 73.9 Å². The first-order chi connectivity index (χ1) is 17.2. The maximum Gasteiger partial charge on any atom is 0.324 e. The number of urea groups is 1. The molecule has 0 radical (unpaired) electrons. The second-order valence-electron chi connectivity index (χ2n) is 9.64. The van der Waals surface area contributed by atoms with E-state index in [9.17, 15) is 19.5 Å². The number of amides is 3. The largest absolute Gasteiger partial charge is 0.481 e. The minimum atomic E-state index is -0.834. The maximum atomic E-state index is 13.1. The number of aromatic nitrogens is 1. The number of benzene rings is 1. The lowest BCUT2D eigenvalue weighted by molar-refractivity contribution is -0.146. The van der Waals surface area contributed by atoms with Gasteiger partial charge in [-0.3, -0.25) is 14.9 Å². The number of nitrogens with one attached hydrogen (secondary N) is 2. The summed E-state index contributed by atoms with van der Waals surface area (Å²) in [5, 5.41) is 16.8. The molecule has 1 aliphatic rings. The predicted octanol–water partition coefficient (Wildman–Crippen LogP) is 5.35. The van der Waals surface area contributed by atoms with Crippen LogP contribution in [0, 0.1) is 5.41 Å². The van der Waals surface area contributed by atoms with Crippen molar-refractivity contribution in [2.45, 2.75) is 45.6 Å². The van der Waals surface area contributed by atoms with E-state index in [1.807, 2.05) is 34.5 Å². The highest BCUT2D eigenvalue weighted by atomic mass is 32.1. The third-order valence-corrected chi connectivity index (χ3v) is 7.34. The van der Waals surface area contributed by atoms with Crippen molar-refractivity contribution in [3.63, 3.8) is 0 Å². The molecule has 3 heterocycles. The first-order valence-corrected chi connectivity index (χ1v) is 12.8. The fraction of sp³-hybridized carbons (Fsp3) is 0.333. The Morgan fingerprint density at radius 1 is 1.11 bits per heavy atom. The third kappa shape index (κ3) is 6.28. The summed E-state index contributed by atoms with van der Waals surface area (Å²) in [5.74, 6) is -0.392. The van der Waals surface area contributed by atoms with E-state index in [4.69, 9.17) is 0 Å². The van der Waals surface area contributed by atoms with Crippen molar-refractivity contribution < 1.29 is 19.5 Å². The Balaban J connectivity index is 1.34. The average molecular weight is 507 g/mol. The van der Waals surface area contributed by atoms with Gasteiger partial charge in [0, 0.05) is 23.3 Å². The number of likely N-dealkylation sites (tertiary alicyclic amines) is 1. The normalized spacial score (nSPS) is 15.5. The summed E-state index contributed by atoms with van der Waals surface area (Å²) in [6.07, 6.45) is 4.12. The van der Waals surface area contributed by atoms with Gasteiger partial charge in [-0.2, -0.15) is 0 Å². The van der Waals surface area contributed by atoms with Gasteiger partial charge in [0.2, 0.25) is 5.91 Å². The van der Waals surface area contributed by atoms with Crippen molar-refractivity contribution >= 4 is 40.7 Å². The molecule has 1 fully saturated rings. The zero-order valence-corrected chi connectivity index (χ0v) is 21.2. The second kappa shape index (κ2) is 10.9. The number of carbonyl (C=O) groups excluding carboxylic acids is 2. The lowest BCUT2D eigenvalue weighted by Crippen LogP contribution is -2.31. The fourth-order valence-electron chi connectivity index (χ4n) is 4.29. The van der Waals surface area contributed by atoms with E-state index in [1.54, 1.807) is 55.6 Å². The molecule has 4 rings (SSSR count). The van der Waals surface area contributed by atoms with E-state index in [0.29, 0.717) is 24.5 Å². The Morgan fingerprint density at radius 3 is 2.58 bits per heavy atom. The molecule has 3 aromatic rings. The number of thiophene rings is 1. The van der Waals surface area contributed by atoms with Crippen LogP contribution >= 0.6 is 11.3 Å². The molecule has 188 valence electrons. The minimum absolute atomic E-state index is 0.0137. The standard InChI is InChI=1S/C27H30N4O4S/c1-27(2,25(33)34)15-19-13-22(36-17-19)21-9-6-12-31(21)24(32)14-18-10-11-23(28-16-18)30-26(35)29-20-7-4-3-5-8-20/h3-5,7-8,10-11,13,16-17,21H,6,9,12,14-15H2,1-2H3,(H,33,34)(H2,28,29,30,35). The Morgan fingerprint density at radius 2 is 1.89 bits per heavy atom. The van der Waals surface area contributed by atoms with Gasteiger partial charge in [0.25, 0.3) is 0 Å². The fourth-order valence-corrected chi connectivity index (χ4v) is 5.35. The molecule has 8 nitrogen and oxygen atoms in total. The third-order valence-electron chi connectivity index (χ3n) is 6.25. The molecular weight excluding hydrogens is 476 g/mol. The highest BCUT2D eigenvalue weighted by molar-refractivity contribution is 7.10. The van der Waals surface area contributed by atoms with E-state index in [2.05, 4.69) is 15.6 Å². The highest BCUT2D eigenvalue weighted by Crippen LogP contribution is 2.37. The number of nitrogens with zero attached hydrogens (tertiary/aromatic N) is 2. The Kier molecular flexibility index (Phi) is 7.69. The van der Waals surface area contributed by atoms with E-state index in [-0.39, 0.29) is 24.4 Å². The van der Waals surface area contributed by atoms with E-state index < -0.39 is 11.4 Å². The van der Waals surface area contributed by atoms with Crippen molar-refractivity contribution in [3.8, 4) is 0 Å². The van der Waals surface area contributed by atoms with E-state index >= 15 is 0 Å². The first kappa shape index (κ1) is 25.4.